The number of ketones is 1. The topological polar surface area (TPSA) is 17.1 Å². The SMILES string of the molecule is O=C(c1ccc(I)cc1)c1sccc1Cl. The number of hydrogen-bond donors (Lipinski definition) is 0. The van der Waals surface area contributed by atoms with Gasteiger partial charge in [-0.05, 0) is 58.3 Å². The van der Waals surface area contributed by atoms with Gasteiger partial charge in [-0.1, -0.05) is 11.6 Å². The largest absolute Gasteiger partial charge is 0.288 e. The lowest BCUT2D eigenvalue weighted by molar-refractivity contribution is 0.104. The predicted molar refractivity (Wildman–Crippen MR) is 71.9 cm³/mol. The van der Waals surface area contributed by atoms with Crippen molar-refractivity contribution in [3.05, 3.63) is 54.7 Å². The molecule has 0 saturated carbocycles. The van der Waals surface area contributed by atoms with Crippen LogP contribution in [0, 0.1) is 3.57 Å². The minimum Gasteiger partial charge on any atom is -0.288 e. The van der Waals surface area contributed by atoms with Crippen molar-refractivity contribution in [1.82, 2.24) is 0 Å². The maximum Gasteiger partial charge on any atom is 0.204 e. The van der Waals surface area contributed by atoms with E-state index >= 15 is 0 Å². The van der Waals surface area contributed by atoms with Gasteiger partial charge < -0.3 is 0 Å². The first-order valence-electron chi connectivity index (χ1n) is 4.22. The highest BCUT2D eigenvalue weighted by Gasteiger charge is 2.13. The fourth-order valence-corrected chi connectivity index (χ4v) is 2.65. The zero-order valence-corrected chi connectivity index (χ0v) is 11.3. The molecule has 0 aliphatic carbocycles. The van der Waals surface area contributed by atoms with Gasteiger partial charge in [-0.15, -0.1) is 11.3 Å². The van der Waals surface area contributed by atoms with Gasteiger partial charge in [-0.25, -0.2) is 0 Å². The molecule has 0 aliphatic heterocycles. The molecule has 0 spiro atoms. The van der Waals surface area contributed by atoms with Crippen LogP contribution in [0.15, 0.2) is 35.7 Å². The lowest BCUT2D eigenvalue weighted by Crippen LogP contribution is -1.98. The molecule has 0 N–H and O–H groups in total. The van der Waals surface area contributed by atoms with Crippen LogP contribution in [0.1, 0.15) is 15.2 Å². The summed E-state index contributed by atoms with van der Waals surface area (Å²) in [5.74, 6) is -0.00796. The van der Waals surface area contributed by atoms with E-state index in [4.69, 9.17) is 11.6 Å². The second-order valence-corrected chi connectivity index (χ2v) is 5.50. The van der Waals surface area contributed by atoms with Crippen molar-refractivity contribution in [1.29, 1.82) is 0 Å². The zero-order chi connectivity index (χ0) is 10.8. The smallest absolute Gasteiger partial charge is 0.204 e. The Morgan fingerprint density at radius 3 is 2.40 bits per heavy atom. The number of hydrogen-bond acceptors (Lipinski definition) is 2. The molecule has 15 heavy (non-hydrogen) atoms. The second kappa shape index (κ2) is 4.63. The third-order valence-corrected chi connectivity index (χ3v) is 3.99. The van der Waals surface area contributed by atoms with Crippen molar-refractivity contribution >= 4 is 51.3 Å². The first kappa shape index (κ1) is 11.1. The standard InChI is InChI=1S/C11H6ClIOS/c12-9-5-6-15-11(9)10(14)7-1-3-8(13)4-2-7/h1-6H. The molecule has 1 aromatic carbocycles. The number of halogens is 2. The normalized spacial score (nSPS) is 10.3. The second-order valence-electron chi connectivity index (χ2n) is 2.93. The van der Waals surface area contributed by atoms with Crippen molar-refractivity contribution in [3.8, 4) is 0 Å². The molecule has 0 bridgehead atoms. The highest BCUT2D eigenvalue weighted by atomic mass is 127. The van der Waals surface area contributed by atoms with Crippen LogP contribution in [-0.4, -0.2) is 5.78 Å². The van der Waals surface area contributed by atoms with E-state index < -0.39 is 0 Å². The number of rotatable bonds is 2. The molecule has 0 aliphatic rings. The van der Waals surface area contributed by atoms with E-state index in [0.717, 1.165) is 3.57 Å². The molecule has 1 aromatic heterocycles. The Bertz CT molecular complexity index is 490. The Hall–Kier alpha value is -0.390. The van der Waals surface area contributed by atoms with Crippen molar-refractivity contribution < 1.29 is 4.79 Å². The van der Waals surface area contributed by atoms with Crippen LogP contribution in [0.5, 0.6) is 0 Å². The predicted octanol–water partition coefficient (Wildman–Crippen LogP) is 4.24. The van der Waals surface area contributed by atoms with E-state index in [2.05, 4.69) is 22.6 Å². The zero-order valence-electron chi connectivity index (χ0n) is 7.54. The average molecular weight is 349 g/mol. The van der Waals surface area contributed by atoms with Crippen molar-refractivity contribution in [3.63, 3.8) is 0 Å². The molecule has 1 nitrogen and oxygen atoms in total. The van der Waals surface area contributed by atoms with Gasteiger partial charge in [-0.2, -0.15) is 0 Å². The molecule has 2 aromatic rings. The molecular weight excluding hydrogens is 343 g/mol. The lowest BCUT2D eigenvalue weighted by atomic mass is 10.1. The third kappa shape index (κ3) is 2.41. The summed E-state index contributed by atoms with van der Waals surface area (Å²) in [7, 11) is 0. The molecule has 0 atom stereocenters. The molecule has 0 amide bonds. The highest BCUT2D eigenvalue weighted by molar-refractivity contribution is 14.1. The Kier molecular flexibility index (Phi) is 3.43. The molecule has 0 saturated heterocycles. The average Bonchev–Trinajstić information content (AvgIpc) is 2.65. The molecular formula is C11H6ClIOS. The number of carbonyl (C=O) groups is 1. The van der Waals surface area contributed by atoms with Gasteiger partial charge in [-0.3, -0.25) is 4.79 Å². The molecule has 4 heteroatoms. The summed E-state index contributed by atoms with van der Waals surface area (Å²) in [6.07, 6.45) is 0. The van der Waals surface area contributed by atoms with Crippen LogP contribution in [0.25, 0.3) is 0 Å². The Morgan fingerprint density at radius 1 is 1.20 bits per heavy atom. The summed E-state index contributed by atoms with van der Waals surface area (Å²) >= 11 is 9.48. The first-order valence-corrected chi connectivity index (χ1v) is 6.55. The highest BCUT2D eigenvalue weighted by Crippen LogP contribution is 2.25. The quantitative estimate of drug-likeness (QED) is 0.586. The monoisotopic (exact) mass is 348 g/mol. The number of benzene rings is 1. The van der Waals surface area contributed by atoms with Gasteiger partial charge in [0.15, 0.2) is 0 Å². The summed E-state index contributed by atoms with van der Waals surface area (Å²) in [5, 5.41) is 2.35. The van der Waals surface area contributed by atoms with Crippen LogP contribution in [0.4, 0.5) is 0 Å². The van der Waals surface area contributed by atoms with E-state index in [0.29, 0.717) is 15.5 Å². The van der Waals surface area contributed by atoms with Crippen molar-refractivity contribution in [2.45, 2.75) is 0 Å². The van der Waals surface area contributed by atoms with E-state index in [1.165, 1.54) is 11.3 Å². The fourth-order valence-electron chi connectivity index (χ4n) is 1.19. The fraction of sp³-hybridized carbons (Fsp3) is 0. The summed E-state index contributed by atoms with van der Waals surface area (Å²) in [6, 6.07) is 9.21. The summed E-state index contributed by atoms with van der Waals surface area (Å²) in [6.45, 7) is 0. The maximum atomic E-state index is 12.0. The molecule has 2 rings (SSSR count). The Morgan fingerprint density at radius 2 is 1.87 bits per heavy atom. The van der Waals surface area contributed by atoms with E-state index in [1.807, 2.05) is 29.6 Å². The summed E-state index contributed by atoms with van der Waals surface area (Å²) in [5.41, 5.74) is 0.680. The number of carbonyl (C=O) groups excluding carboxylic acids is 1. The minimum absolute atomic E-state index is 0.00796. The third-order valence-electron chi connectivity index (χ3n) is 1.93. The summed E-state index contributed by atoms with van der Waals surface area (Å²) < 4.78 is 1.11. The van der Waals surface area contributed by atoms with Gasteiger partial charge in [0, 0.05) is 9.13 Å². The van der Waals surface area contributed by atoms with Crippen LogP contribution in [-0.2, 0) is 0 Å². The Labute approximate surface area is 110 Å². The van der Waals surface area contributed by atoms with E-state index in [-0.39, 0.29) is 5.78 Å². The van der Waals surface area contributed by atoms with E-state index in [1.54, 1.807) is 6.07 Å². The molecule has 76 valence electrons. The molecule has 0 radical (unpaired) electrons. The lowest BCUT2D eigenvalue weighted by Gasteiger charge is -1.98. The summed E-state index contributed by atoms with van der Waals surface area (Å²) in [4.78, 5) is 12.6. The van der Waals surface area contributed by atoms with Crippen LogP contribution >= 0.6 is 45.5 Å². The molecule has 0 unspecified atom stereocenters. The van der Waals surface area contributed by atoms with Gasteiger partial charge >= 0.3 is 0 Å². The van der Waals surface area contributed by atoms with Gasteiger partial charge in [0.1, 0.15) is 0 Å². The maximum absolute atomic E-state index is 12.0. The van der Waals surface area contributed by atoms with Crippen LogP contribution < -0.4 is 0 Å². The van der Waals surface area contributed by atoms with Gasteiger partial charge in [0.25, 0.3) is 0 Å². The van der Waals surface area contributed by atoms with Crippen LogP contribution in [0.2, 0.25) is 5.02 Å². The van der Waals surface area contributed by atoms with Crippen molar-refractivity contribution in [2.24, 2.45) is 0 Å². The van der Waals surface area contributed by atoms with Crippen LogP contribution in [0.3, 0.4) is 0 Å². The Balaban J connectivity index is 2.37. The minimum atomic E-state index is -0.00796. The number of thiophene rings is 1. The molecule has 1 heterocycles. The van der Waals surface area contributed by atoms with E-state index in [9.17, 15) is 4.79 Å². The molecule has 0 fully saturated rings. The van der Waals surface area contributed by atoms with Gasteiger partial charge in [0.2, 0.25) is 5.78 Å². The van der Waals surface area contributed by atoms with Crippen molar-refractivity contribution in [2.75, 3.05) is 0 Å². The van der Waals surface area contributed by atoms with Gasteiger partial charge in [0.05, 0.1) is 9.90 Å². The first-order chi connectivity index (χ1) is 7.18.